The summed E-state index contributed by atoms with van der Waals surface area (Å²) >= 11 is 0. The van der Waals surface area contributed by atoms with Crippen LogP contribution >= 0.6 is 0 Å². The van der Waals surface area contributed by atoms with Gasteiger partial charge in [-0.15, -0.1) is 0 Å². The molecule has 0 spiro atoms. The summed E-state index contributed by atoms with van der Waals surface area (Å²) in [4.78, 5) is 0. The number of hydrogen-bond acceptors (Lipinski definition) is 0. The van der Waals surface area contributed by atoms with Gasteiger partial charge in [-0.25, -0.2) is 0 Å². The molecular formula is C14H22. The van der Waals surface area contributed by atoms with Gasteiger partial charge in [-0.3, -0.25) is 0 Å². The van der Waals surface area contributed by atoms with E-state index in [1.54, 1.807) is 18.2 Å². The third kappa shape index (κ3) is 2.17. The SMILES string of the molecule is [2H]C([2H])(C)c1cccc(C([2H])([2H])C)c1C(C)(C)C. The zero-order valence-corrected chi connectivity index (χ0v) is 9.73. The Morgan fingerprint density at radius 1 is 1.07 bits per heavy atom. The zero-order chi connectivity index (χ0) is 14.4. The standard InChI is InChI=1S/C14H22/c1-6-11-9-8-10-12(7-2)13(11)14(3,4)5/h8-10H,6-7H2,1-5H3/i6D2,7D2. The van der Waals surface area contributed by atoms with E-state index in [4.69, 9.17) is 5.48 Å². The van der Waals surface area contributed by atoms with E-state index < -0.39 is 12.7 Å². The molecule has 1 aromatic carbocycles. The Bertz CT molecular complexity index is 398. The van der Waals surface area contributed by atoms with Gasteiger partial charge in [0.25, 0.3) is 0 Å². The quantitative estimate of drug-likeness (QED) is 0.664. The molecule has 0 saturated heterocycles. The van der Waals surface area contributed by atoms with Gasteiger partial charge in [0.15, 0.2) is 0 Å². The minimum Gasteiger partial charge on any atom is -0.0617 e. The van der Waals surface area contributed by atoms with Gasteiger partial charge >= 0.3 is 0 Å². The van der Waals surface area contributed by atoms with Gasteiger partial charge in [0, 0.05) is 5.48 Å². The fourth-order valence-electron chi connectivity index (χ4n) is 1.78. The minimum absolute atomic E-state index is 0.293. The summed E-state index contributed by atoms with van der Waals surface area (Å²) in [7, 11) is 0. The topological polar surface area (TPSA) is 0 Å². The van der Waals surface area contributed by atoms with Crippen molar-refractivity contribution in [2.24, 2.45) is 0 Å². The van der Waals surface area contributed by atoms with E-state index in [-0.39, 0.29) is 5.41 Å². The van der Waals surface area contributed by atoms with E-state index in [0.29, 0.717) is 11.1 Å². The summed E-state index contributed by atoms with van der Waals surface area (Å²) in [6.45, 7) is 9.02. The van der Waals surface area contributed by atoms with E-state index in [0.717, 1.165) is 5.56 Å². The van der Waals surface area contributed by atoms with Crippen LogP contribution in [0.2, 0.25) is 0 Å². The second-order valence-corrected chi connectivity index (χ2v) is 4.48. The third-order valence-electron chi connectivity index (χ3n) is 2.35. The van der Waals surface area contributed by atoms with Gasteiger partial charge in [0.1, 0.15) is 0 Å². The third-order valence-corrected chi connectivity index (χ3v) is 2.35. The molecule has 14 heavy (non-hydrogen) atoms. The van der Waals surface area contributed by atoms with Crippen molar-refractivity contribution in [3.05, 3.63) is 34.9 Å². The van der Waals surface area contributed by atoms with Crippen LogP contribution in [0.15, 0.2) is 18.2 Å². The molecule has 0 heterocycles. The molecule has 0 fully saturated rings. The first-order valence-corrected chi connectivity index (χ1v) is 4.99. The first-order valence-electron chi connectivity index (χ1n) is 6.99. The van der Waals surface area contributed by atoms with E-state index in [9.17, 15) is 0 Å². The van der Waals surface area contributed by atoms with Crippen LogP contribution in [0.25, 0.3) is 0 Å². The van der Waals surface area contributed by atoms with Crippen LogP contribution in [0.4, 0.5) is 0 Å². The largest absolute Gasteiger partial charge is 0.0617 e. The lowest BCUT2D eigenvalue weighted by Gasteiger charge is -2.26. The molecule has 0 nitrogen and oxygen atoms in total. The molecule has 1 aromatic rings. The average molecular weight is 194 g/mol. The molecule has 1 rings (SSSR count). The van der Waals surface area contributed by atoms with Crippen molar-refractivity contribution in [3.63, 3.8) is 0 Å². The first-order chi connectivity index (χ1) is 7.85. The van der Waals surface area contributed by atoms with Crippen molar-refractivity contribution in [3.8, 4) is 0 Å². The summed E-state index contributed by atoms with van der Waals surface area (Å²) < 4.78 is 31.8. The van der Waals surface area contributed by atoms with Crippen LogP contribution in [0.3, 0.4) is 0 Å². The van der Waals surface area contributed by atoms with Crippen LogP contribution < -0.4 is 0 Å². The maximum Gasteiger partial charge on any atom is 0.0313 e. The van der Waals surface area contributed by atoms with Crippen LogP contribution in [0.1, 0.15) is 56.8 Å². The highest BCUT2D eigenvalue weighted by atomic mass is 14.2. The lowest BCUT2D eigenvalue weighted by Crippen LogP contribution is -2.16. The van der Waals surface area contributed by atoms with Gasteiger partial charge in [-0.1, -0.05) is 52.8 Å². The summed E-state index contributed by atoms with van der Waals surface area (Å²) in [5.41, 5.74) is 1.65. The molecule has 0 unspecified atom stereocenters. The lowest BCUT2D eigenvalue weighted by molar-refractivity contribution is 0.576. The van der Waals surface area contributed by atoms with E-state index in [1.165, 1.54) is 13.8 Å². The second-order valence-electron chi connectivity index (χ2n) is 4.48. The minimum atomic E-state index is -1.47. The van der Waals surface area contributed by atoms with Crippen molar-refractivity contribution >= 4 is 0 Å². The molecule has 0 aromatic heterocycles. The lowest BCUT2D eigenvalue weighted by atomic mass is 9.79. The molecular weight excluding hydrogens is 168 g/mol. The highest BCUT2D eigenvalue weighted by Gasteiger charge is 2.19. The molecule has 0 heteroatoms. The van der Waals surface area contributed by atoms with Gasteiger partial charge in [-0.2, -0.15) is 0 Å². The fourth-order valence-corrected chi connectivity index (χ4v) is 1.78. The van der Waals surface area contributed by atoms with Crippen molar-refractivity contribution in [1.82, 2.24) is 0 Å². The number of rotatable bonds is 2. The average Bonchev–Trinajstić information content (AvgIpc) is 2.12. The molecule has 0 saturated carbocycles. The van der Waals surface area contributed by atoms with Crippen molar-refractivity contribution < 1.29 is 5.48 Å². The maximum atomic E-state index is 7.94. The van der Waals surface area contributed by atoms with Crippen LogP contribution in [0.5, 0.6) is 0 Å². The van der Waals surface area contributed by atoms with Crippen molar-refractivity contribution in [2.45, 2.75) is 52.8 Å². The maximum absolute atomic E-state index is 7.94. The zero-order valence-electron chi connectivity index (χ0n) is 13.7. The molecule has 0 N–H and O–H groups in total. The van der Waals surface area contributed by atoms with Gasteiger partial charge in [0.05, 0.1) is 0 Å². The van der Waals surface area contributed by atoms with Gasteiger partial charge in [0.2, 0.25) is 0 Å². The summed E-state index contributed by atoms with van der Waals surface area (Å²) in [5.74, 6) is 0. The predicted molar refractivity (Wildman–Crippen MR) is 63.9 cm³/mol. The first kappa shape index (κ1) is 6.66. The molecule has 0 aliphatic heterocycles. The Morgan fingerprint density at radius 3 is 1.79 bits per heavy atom. The molecule has 0 amide bonds. The van der Waals surface area contributed by atoms with Crippen LogP contribution in [-0.2, 0) is 18.2 Å². The van der Waals surface area contributed by atoms with Crippen LogP contribution in [-0.4, -0.2) is 0 Å². The Hall–Kier alpha value is -0.780. The molecule has 0 aliphatic carbocycles. The van der Waals surface area contributed by atoms with Crippen molar-refractivity contribution in [1.29, 1.82) is 0 Å². The van der Waals surface area contributed by atoms with E-state index in [2.05, 4.69) is 0 Å². The number of hydrogen-bond donors (Lipinski definition) is 0. The summed E-state index contributed by atoms with van der Waals surface area (Å²) in [6, 6.07) is 5.26. The molecule has 78 valence electrons. The normalized spacial score (nSPS) is 18.1. The predicted octanol–water partition coefficient (Wildman–Crippen LogP) is 4.11. The van der Waals surface area contributed by atoms with Crippen molar-refractivity contribution in [2.75, 3.05) is 0 Å². The Balaban J connectivity index is 3.68. The summed E-state index contributed by atoms with van der Waals surface area (Å²) in [5, 5.41) is 0. The van der Waals surface area contributed by atoms with Gasteiger partial charge < -0.3 is 0 Å². The fraction of sp³-hybridized carbons (Fsp3) is 0.571. The van der Waals surface area contributed by atoms with Gasteiger partial charge in [-0.05, 0) is 34.9 Å². The Morgan fingerprint density at radius 2 is 1.50 bits per heavy atom. The second kappa shape index (κ2) is 4.16. The Kier molecular flexibility index (Phi) is 1.98. The number of benzene rings is 1. The monoisotopic (exact) mass is 194 g/mol. The highest BCUT2D eigenvalue weighted by molar-refractivity contribution is 5.40. The molecule has 0 radical (unpaired) electrons. The smallest absolute Gasteiger partial charge is 0.0313 e. The molecule has 0 atom stereocenters. The molecule has 0 aliphatic rings. The molecule has 0 bridgehead atoms. The van der Waals surface area contributed by atoms with E-state index >= 15 is 0 Å². The van der Waals surface area contributed by atoms with Crippen LogP contribution in [0, 0.1) is 0 Å². The number of aryl methyl sites for hydroxylation is 2. The van der Waals surface area contributed by atoms with E-state index in [1.807, 2.05) is 20.8 Å². The summed E-state index contributed by atoms with van der Waals surface area (Å²) in [6.07, 6.45) is -2.94. The highest BCUT2D eigenvalue weighted by Crippen LogP contribution is 2.30. The Labute approximate surface area is 94.0 Å².